The maximum absolute atomic E-state index is 12.7. The zero-order valence-electron chi connectivity index (χ0n) is 19.9. The zero-order chi connectivity index (χ0) is 24.8. The molecule has 0 aliphatic carbocycles. The van der Waals surface area contributed by atoms with Crippen molar-refractivity contribution < 1.29 is 14.3 Å². The van der Waals surface area contributed by atoms with Crippen molar-refractivity contribution in [2.75, 3.05) is 36.7 Å². The molecule has 0 spiro atoms. The van der Waals surface area contributed by atoms with Crippen molar-refractivity contribution in [2.24, 2.45) is 4.99 Å². The van der Waals surface area contributed by atoms with E-state index in [-0.39, 0.29) is 18.3 Å². The Bertz CT molecular complexity index is 1130. The number of thioether (sulfide) groups is 1. The first-order valence-corrected chi connectivity index (χ1v) is 12.2. The van der Waals surface area contributed by atoms with Gasteiger partial charge < -0.3 is 20.3 Å². The van der Waals surface area contributed by atoms with Crippen molar-refractivity contribution in [2.45, 2.75) is 26.8 Å². The molecule has 34 heavy (non-hydrogen) atoms. The van der Waals surface area contributed by atoms with Gasteiger partial charge in [-0.3, -0.25) is 4.79 Å². The largest absolute Gasteiger partial charge is 0.463 e. The number of hydrogen-bond donors (Lipinski definition) is 2. The van der Waals surface area contributed by atoms with Crippen LogP contribution in [0.5, 0.6) is 0 Å². The molecule has 0 saturated heterocycles. The van der Waals surface area contributed by atoms with Crippen LogP contribution in [0.3, 0.4) is 0 Å². The van der Waals surface area contributed by atoms with Crippen LogP contribution in [0.2, 0.25) is 5.02 Å². The van der Waals surface area contributed by atoms with Crippen LogP contribution in [-0.2, 0) is 14.3 Å². The molecule has 1 aliphatic heterocycles. The topological polar surface area (TPSA) is 83.0 Å². The number of amides is 1. The van der Waals surface area contributed by atoms with E-state index in [9.17, 15) is 9.59 Å². The third kappa shape index (κ3) is 6.33. The summed E-state index contributed by atoms with van der Waals surface area (Å²) in [5, 5.41) is 7.16. The first kappa shape index (κ1) is 25.6. The van der Waals surface area contributed by atoms with Gasteiger partial charge >= 0.3 is 5.97 Å². The van der Waals surface area contributed by atoms with Crippen molar-refractivity contribution >= 4 is 51.8 Å². The lowest BCUT2D eigenvalue weighted by Gasteiger charge is -2.26. The fourth-order valence-corrected chi connectivity index (χ4v) is 4.32. The number of halogens is 1. The van der Waals surface area contributed by atoms with Crippen LogP contribution in [0, 0.1) is 6.92 Å². The quantitative estimate of drug-likeness (QED) is 0.525. The third-order valence-corrected chi connectivity index (χ3v) is 6.53. The van der Waals surface area contributed by atoms with Crippen LogP contribution in [0.1, 0.15) is 31.0 Å². The summed E-state index contributed by atoms with van der Waals surface area (Å²) in [5.41, 5.74) is 4.61. The van der Waals surface area contributed by atoms with Crippen LogP contribution in [0.15, 0.2) is 58.7 Å². The Labute approximate surface area is 209 Å². The molecule has 1 aliphatic rings. The lowest BCUT2D eigenvalue weighted by Crippen LogP contribution is -2.31. The molecule has 180 valence electrons. The second-order valence-corrected chi connectivity index (χ2v) is 9.38. The Hall–Kier alpha value is -2.97. The number of anilines is 2. The second-order valence-electron chi connectivity index (χ2n) is 8.01. The van der Waals surface area contributed by atoms with Gasteiger partial charge in [-0.1, -0.05) is 41.6 Å². The minimum atomic E-state index is -0.530. The monoisotopic (exact) mass is 500 g/mol. The van der Waals surface area contributed by atoms with E-state index in [4.69, 9.17) is 21.3 Å². The molecule has 2 N–H and O–H groups in total. The van der Waals surface area contributed by atoms with Gasteiger partial charge in [0.2, 0.25) is 5.91 Å². The first-order chi connectivity index (χ1) is 16.2. The van der Waals surface area contributed by atoms with E-state index in [1.807, 2.05) is 69.2 Å². The number of aliphatic imine (C=N–C) groups is 1. The number of ether oxygens (including phenoxy) is 1. The summed E-state index contributed by atoms with van der Waals surface area (Å²) < 4.78 is 5.29. The number of amidine groups is 1. The normalized spacial score (nSPS) is 15.4. The molecule has 0 unspecified atom stereocenters. The molecule has 1 amide bonds. The summed E-state index contributed by atoms with van der Waals surface area (Å²) in [6.07, 6.45) is 0. The van der Waals surface area contributed by atoms with Crippen molar-refractivity contribution in [3.8, 4) is 0 Å². The minimum Gasteiger partial charge on any atom is -0.463 e. The van der Waals surface area contributed by atoms with E-state index in [0.717, 1.165) is 16.8 Å². The lowest BCUT2D eigenvalue weighted by molar-refractivity contribution is -0.139. The average molecular weight is 501 g/mol. The number of hydrogen-bond acceptors (Lipinski definition) is 7. The highest BCUT2D eigenvalue weighted by molar-refractivity contribution is 8.14. The number of nitrogens with zero attached hydrogens (tertiary/aromatic N) is 2. The van der Waals surface area contributed by atoms with Crippen LogP contribution < -0.4 is 15.5 Å². The standard InChI is InChI=1S/C25H29ClN4O3S/c1-6-33-24(32)22-16(3)27-25(29-23(22)17-8-11-19(12-9-17)30(4)5)34-14-21(31)28-18-10-7-15(2)20(26)13-18/h7-13,23H,6,14H2,1-5H3,(H,27,29)(H,28,31)/t23-/m0/s1. The smallest absolute Gasteiger partial charge is 0.338 e. The van der Waals surface area contributed by atoms with E-state index < -0.39 is 12.0 Å². The molecule has 0 bridgehead atoms. The molecule has 0 saturated carbocycles. The van der Waals surface area contributed by atoms with E-state index in [1.165, 1.54) is 11.8 Å². The molecule has 9 heteroatoms. The van der Waals surface area contributed by atoms with E-state index in [0.29, 0.717) is 27.1 Å². The fraction of sp³-hybridized carbons (Fsp3) is 0.320. The molecule has 0 fully saturated rings. The van der Waals surface area contributed by atoms with Gasteiger partial charge in [0.05, 0.1) is 17.9 Å². The van der Waals surface area contributed by atoms with Gasteiger partial charge in [-0.2, -0.15) is 0 Å². The number of benzene rings is 2. The summed E-state index contributed by atoms with van der Waals surface area (Å²) in [4.78, 5) is 32.0. The van der Waals surface area contributed by atoms with E-state index in [1.54, 1.807) is 13.0 Å². The number of rotatable bonds is 7. The summed E-state index contributed by atoms with van der Waals surface area (Å²) in [6.45, 7) is 5.77. The highest BCUT2D eigenvalue weighted by Crippen LogP contribution is 2.33. The number of allylic oxidation sites excluding steroid dienone is 1. The molecule has 7 nitrogen and oxygen atoms in total. The van der Waals surface area contributed by atoms with Crippen LogP contribution in [0.4, 0.5) is 11.4 Å². The molecular weight excluding hydrogens is 472 g/mol. The number of nitrogens with one attached hydrogen (secondary N) is 2. The molecule has 2 aromatic rings. The van der Waals surface area contributed by atoms with Crippen molar-refractivity contribution in [3.63, 3.8) is 0 Å². The summed E-state index contributed by atoms with van der Waals surface area (Å²) in [5.74, 6) is -0.443. The predicted molar refractivity (Wildman–Crippen MR) is 141 cm³/mol. The number of aryl methyl sites for hydroxylation is 1. The Morgan fingerprint density at radius 3 is 2.50 bits per heavy atom. The third-order valence-electron chi connectivity index (χ3n) is 5.23. The van der Waals surface area contributed by atoms with E-state index in [2.05, 4.69) is 10.6 Å². The summed E-state index contributed by atoms with van der Waals surface area (Å²) in [7, 11) is 3.94. The summed E-state index contributed by atoms with van der Waals surface area (Å²) in [6, 6.07) is 12.7. The van der Waals surface area contributed by atoms with Gasteiger partial charge in [0, 0.05) is 36.2 Å². The Balaban J connectivity index is 1.78. The Morgan fingerprint density at radius 2 is 1.88 bits per heavy atom. The summed E-state index contributed by atoms with van der Waals surface area (Å²) >= 11 is 7.41. The fourth-order valence-electron chi connectivity index (χ4n) is 3.39. The molecule has 0 radical (unpaired) electrons. The zero-order valence-corrected chi connectivity index (χ0v) is 21.5. The van der Waals surface area contributed by atoms with Gasteiger partial charge in [0.15, 0.2) is 5.17 Å². The Kier molecular flexibility index (Phi) is 8.63. The molecular formula is C25H29ClN4O3S. The molecule has 1 atom stereocenters. The van der Waals surface area contributed by atoms with Gasteiger partial charge in [-0.15, -0.1) is 0 Å². The van der Waals surface area contributed by atoms with Crippen molar-refractivity contribution in [3.05, 3.63) is 69.9 Å². The van der Waals surface area contributed by atoms with Gasteiger partial charge in [0.25, 0.3) is 0 Å². The predicted octanol–water partition coefficient (Wildman–Crippen LogP) is 4.92. The molecule has 3 rings (SSSR count). The van der Waals surface area contributed by atoms with Crippen LogP contribution in [0.25, 0.3) is 0 Å². The maximum atomic E-state index is 12.7. The van der Waals surface area contributed by atoms with Gasteiger partial charge in [0.1, 0.15) is 6.04 Å². The highest BCUT2D eigenvalue weighted by atomic mass is 35.5. The lowest BCUT2D eigenvalue weighted by atomic mass is 9.96. The Morgan fingerprint density at radius 1 is 1.18 bits per heavy atom. The first-order valence-electron chi connectivity index (χ1n) is 10.9. The number of carbonyl (C=O) groups excluding carboxylic acids is 2. The van der Waals surface area contributed by atoms with E-state index >= 15 is 0 Å². The maximum Gasteiger partial charge on any atom is 0.338 e. The number of esters is 1. The molecule has 2 aromatic carbocycles. The molecule has 0 aromatic heterocycles. The van der Waals surface area contributed by atoms with Crippen molar-refractivity contribution in [1.29, 1.82) is 0 Å². The van der Waals surface area contributed by atoms with Crippen molar-refractivity contribution in [1.82, 2.24) is 5.32 Å². The minimum absolute atomic E-state index is 0.144. The molecule has 1 heterocycles. The van der Waals surface area contributed by atoms with Crippen LogP contribution in [-0.4, -0.2) is 43.5 Å². The second kappa shape index (κ2) is 11.4. The average Bonchev–Trinajstić information content (AvgIpc) is 2.80. The van der Waals surface area contributed by atoms with Gasteiger partial charge in [-0.25, -0.2) is 9.79 Å². The number of carbonyl (C=O) groups is 2. The highest BCUT2D eigenvalue weighted by Gasteiger charge is 2.30. The van der Waals surface area contributed by atoms with Crippen LogP contribution >= 0.6 is 23.4 Å². The van der Waals surface area contributed by atoms with Gasteiger partial charge in [-0.05, 0) is 56.2 Å². The SMILES string of the molecule is CCOC(=O)C1=C(C)NC(SCC(=O)Nc2ccc(C)c(Cl)c2)=N[C@H]1c1ccc(N(C)C)cc1.